The second-order valence-corrected chi connectivity index (χ2v) is 13.7. The molecular formula is C50H38IrN2-2. The summed E-state index contributed by atoms with van der Waals surface area (Å²) in [6.07, 6.45) is 1.82. The minimum absolute atomic E-state index is 0. The molecule has 0 atom stereocenters. The molecule has 6 aromatic carbocycles. The number of aromatic nitrogens is 2. The molecule has 0 amide bonds. The molecular weight excluding hydrogens is 821 g/mol. The molecule has 1 radical (unpaired) electrons. The van der Waals surface area contributed by atoms with Crippen LogP contribution in [0.5, 0.6) is 0 Å². The van der Waals surface area contributed by atoms with Crippen LogP contribution in [0.15, 0.2) is 176 Å². The van der Waals surface area contributed by atoms with E-state index in [4.69, 9.17) is 0 Å². The monoisotopic (exact) mass is 859 g/mol. The number of hydrogen-bond acceptors (Lipinski definition) is 2. The predicted molar refractivity (Wildman–Crippen MR) is 216 cm³/mol. The van der Waals surface area contributed by atoms with Crippen LogP contribution >= 0.6 is 0 Å². The first-order valence-corrected chi connectivity index (χ1v) is 17.7. The molecule has 0 saturated carbocycles. The molecule has 2 nitrogen and oxygen atoms in total. The maximum Gasteiger partial charge on any atom is 0.0266 e. The molecule has 2 aromatic heterocycles. The molecule has 9 rings (SSSR count). The molecule has 0 saturated heterocycles. The third-order valence-electron chi connectivity index (χ3n) is 9.97. The predicted octanol–water partition coefficient (Wildman–Crippen LogP) is 12.7. The van der Waals surface area contributed by atoms with Crippen LogP contribution in [0.4, 0.5) is 0 Å². The van der Waals surface area contributed by atoms with Gasteiger partial charge in [0.05, 0.1) is 0 Å². The number of benzene rings is 6. The van der Waals surface area contributed by atoms with Gasteiger partial charge in [-0.3, -0.25) is 0 Å². The second-order valence-electron chi connectivity index (χ2n) is 13.7. The quantitative estimate of drug-likeness (QED) is 0.161. The molecule has 8 aromatic rings. The van der Waals surface area contributed by atoms with Crippen LogP contribution in [-0.2, 0) is 25.5 Å². The summed E-state index contributed by atoms with van der Waals surface area (Å²) in [6.45, 7) is 6.65. The topological polar surface area (TPSA) is 25.8 Å². The number of rotatable bonds is 5. The van der Waals surface area contributed by atoms with Gasteiger partial charge in [-0.15, -0.1) is 71.3 Å². The average molecular weight is 859 g/mol. The number of fused-ring (bicyclic) bond motifs is 3. The first-order valence-electron chi connectivity index (χ1n) is 17.7. The van der Waals surface area contributed by atoms with Crippen LogP contribution in [0.2, 0.25) is 0 Å². The summed E-state index contributed by atoms with van der Waals surface area (Å²) in [6, 6.07) is 66.0. The average Bonchev–Trinajstić information content (AvgIpc) is 3.44. The van der Waals surface area contributed by atoms with Gasteiger partial charge >= 0.3 is 0 Å². The van der Waals surface area contributed by atoms with Crippen LogP contribution in [0.3, 0.4) is 0 Å². The Morgan fingerprint density at radius 2 is 1.04 bits per heavy atom. The Kier molecular flexibility index (Phi) is 10.4. The van der Waals surface area contributed by atoms with Gasteiger partial charge in [-0.05, 0) is 86.6 Å². The second kappa shape index (κ2) is 15.5. The van der Waals surface area contributed by atoms with Gasteiger partial charge < -0.3 is 9.97 Å². The Labute approximate surface area is 326 Å². The molecule has 0 bridgehead atoms. The van der Waals surface area contributed by atoms with E-state index in [1.54, 1.807) is 0 Å². The summed E-state index contributed by atoms with van der Waals surface area (Å²) in [5, 5.41) is 0. The molecule has 259 valence electrons. The minimum Gasteiger partial charge on any atom is -0.305 e. The van der Waals surface area contributed by atoms with Crippen molar-refractivity contribution in [1.82, 2.24) is 9.97 Å². The van der Waals surface area contributed by atoms with E-state index in [0.717, 1.165) is 33.8 Å². The SMILES string of the molecule is CC1(C)c2ccccc2-c2cc(-c3ccc(-c4ccc(-c5cc[c-]c(-c6ccccn6)c5)cc4)cc3)ccc21.Cc1cccc(-c2[c-]cccc2)n1.[Ir]. The smallest absolute Gasteiger partial charge is 0.0266 e. The molecule has 1 aliphatic rings. The number of pyridine rings is 2. The Balaban J connectivity index is 0.000000263. The van der Waals surface area contributed by atoms with Gasteiger partial charge in [0.15, 0.2) is 0 Å². The van der Waals surface area contributed by atoms with Crippen molar-refractivity contribution in [3.05, 3.63) is 205 Å². The van der Waals surface area contributed by atoms with Gasteiger partial charge in [-0.25, -0.2) is 0 Å². The van der Waals surface area contributed by atoms with E-state index in [2.05, 4.69) is 139 Å². The Morgan fingerprint density at radius 3 is 1.70 bits per heavy atom. The third kappa shape index (κ3) is 7.46. The van der Waals surface area contributed by atoms with E-state index in [9.17, 15) is 0 Å². The molecule has 0 unspecified atom stereocenters. The van der Waals surface area contributed by atoms with Crippen molar-refractivity contribution in [2.75, 3.05) is 0 Å². The van der Waals surface area contributed by atoms with E-state index < -0.39 is 0 Å². The Hall–Kier alpha value is -5.73. The van der Waals surface area contributed by atoms with Crippen molar-refractivity contribution in [3.8, 4) is 67.0 Å². The van der Waals surface area contributed by atoms with Gasteiger partial charge in [-0.2, -0.15) is 0 Å². The van der Waals surface area contributed by atoms with Crippen molar-refractivity contribution >= 4 is 0 Å². The third-order valence-corrected chi connectivity index (χ3v) is 9.97. The summed E-state index contributed by atoms with van der Waals surface area (Å²) in [5.41, 5.74) is 17.9. The molecule has 0 N–H and O–H groups in total. The fourth-order valence-corrected chi connectivity index (χ4v) is 7.17. The first kappa shape index (κ1) is 35.7. The molecule has 3 heteroatoms. The van der Waals surface area contributed by atoms with Crippen molar-refractivity contribution in [2.24, 2.45) is 0 Å². The van der Waals surface area contributed by atoms with Gasteiger partial charge in [-0.1, -0.05) is 123 Å². The van der Waals surface area contributed by atoms with E-state index in [1.165, 1.54) is 50.1 Å². The van der Waals surface area contributed by atoms with Crippen molar-refractivity contribution < 1.29 is 20.1 Å². The van der Waals surface area contributed by atoms with Crippen molar-refractivity contribution in [1.29, 1.82) is 0 Å². The summed E-state index contributed by atoms with van der Waals surface area (Å²) in [7, 11) is 0. The Morgan fingerprint density at radius 1 is 0.453 bits per heavy atom. The maximum absolute atomic E-state index is 4.47. The van der Waals surface area contributed by atoms with Crippen LogP contribution in [0.25, 0.3) is 67.0 Å². The van der Waals surface area contributed by atoms with Crippen LogP contribution in [-0.4, -0.2) is 9.97 Å². The van der Waals surface area contributed by atoms with E-state index >= 15 is 0 Å². The summed E-state index contributed by atoms with van der Waals surface area (Å²) in [4.78, 5) is 8.88. The summed E-state index contributed by atoms with van der Waals surface area (Å²) < 4.78 is 0. The maximum atomic E-state index is 4.47. The molecule has 0 aliphatic heterocycles. The van der Waals surface area contributed by atoms with Gasteiger partial charge in [0, 0.05) is 37.4 Å². The molecule has 53 heavy (non-hydrogen) atoms. The first-order chi connectivity index (χ1) is 25.4. The zero-order valence-electron chi connectivity index (χ0n) is 30.0. The van der Waals surface area contributed by atoms with Crippen molar-refractivity contribution in [3.63, 3.8) is 0 Å². The molecule has 0 fully saturated rings. The van der Waals surface area contributed by atoms with Crippen LogP contribution in [0, 0.1) is 19.1 Å². The summed E-state index contributed by atoms with van der Waals surface area (Å²) >= 11 is 0. The fraction of sp³-hybridized carbons (Fsp3) is 0.0800. The van der Waals surface area contributed by atoms with Crippen LogP contribution in [0.1, 0.15) is 30.7 Å². The van der Waals surface area contributed by atoms with E-state index in [0.29, 0.717) is 0 Å². The zero-order chi connectivity index (χ0) is 35.5. The van der Waals surface area contributed by atoms with E-state index in [-0.39, 0.29) is 25.5 Å². The molecule has 0 spiro atoms. The van der Waals surface area contributed by atoms with Crippen LogP contribution < -0.4 is 0 Å². The van der Waals surface area contributed by atoms with Gasteiger partial charge in [0.2, 0.25) is 0 Å². The summed E-state index contributed by atoms with van der Waals surface area (Å²) in [5.74, 6) is 0. The zero-order valence-corrected chi connectivity index (χ0v) is 32.4. The molecule has 2 heterocycles. The largest absolute Gasteiger partial charge is 0.305 e. The number of hydrogen-bond donors (Lipinski definition) is 0. The number of nitrogens with zero attached hydrogens (tertiary/aromatic N) is 2. The normalized spacial score (nSPS) is 12.1. The minimum atomic E-state index is 0. The van der Waals surface area contributed by atoms with Gasteiger partial charge in [0.1, 0.15) is 0 Å². The van der Waals surface area contributed by atoms with E-state index in [1.807, 2.05) is 79.9 Å². The molecule has 1 aliphatic carbocycles. The Bertz CT molecular complexity index is 2470. The van der Waals surface area contributed by atoms with Crippen molar-refractivity contribution in [2.45, 2.75) is 26.2 Å². The fourth-order valence-electron chi connectivity index (χ4n) is 7.17. The standard InChI is InChI=1S/C38H28N.C12H10N.Ir/c1-38(2)35-11-4-3-10-33(35)34-25-31(21-22-36(34)38)29-19-15-27(16-20-29)26-13-17-28(18-14-26)30-8-7-9-32(24-30)37-12-5-6-23-39-37;1-10-6-5-9-12(13-10)11-7-3-2-4-8-11;/h3-8,10-25H,1-2H3;2-7,9H,1H3;/q2*-1;. The number of aryl methyl sites for hydroxylation is 1. The van der Waals surface area contributed by atoms with Gasteiger partial charge in [0.25, 0.3) is 0 Å².